The number of ether oxygens (including phenoxy) is 2. The molecular weight excluding hydrogens is 420 g/mol. The zero-order valence-corrected chi connectivity index (χ0v) is 17.3. The van der Waals surface area contributed by atoms with Crippen LogP contribution >= 0.6 is 0 Å². The summed E-state index contributed by atoms with van der Waals surface area (Å²) < 4.78 is 16.3. The number of furan rings is 1. The van der Waals surface area contributed by atoms with Gasteiger partial charge in [0.05, 0.1) is 26.0 Å². The first-order chi connectivity index (χ1) is 15.4. The Kier molecular flexibility index (Phi) is 5.71. The van der Waals surface area contributed by atoms with Gasteiger partial charge in [-0.25, -0.2) is 9.59 Å². The van der Waals surface area contributed by atoms with Gasteiger partial charge in [-0.2, -0.15) is 0 Å². The summed E-state index contributed by atoms with van der Waals surface area (Å²) in [5.74, 6) is 0.111. The molecule has 168 valence electrons. The average Bonchev–Trinajstić information content (AvgIpc) is 3.27. The molecule has 11 nitrogen and oxygen atoms in total. The highest BCUT2D eigenvalue weighted by Crippen LogP contribution is 2.36. The zero-order valence-electron chi connectivity index (χ0n) is 17.3. The summed E-state index contributed by atoms with van der Waals surface area (Å²) in [4.78, 5) is 50.4. The molecule has 1 fully saturated rings. The first kappa shape index (κ1) is 21.2. The number of rotatable bonds is 5. The topological polar surface area (TPSA) is 139 Å². The number of carbonyl (C=O) groups excluding carboxylic acids is 4. The largest absolute Gasteiger partial charge is 0.490 e. The summed E-state index contributed by atoms with van der Waals surface area (Å²) >= 11 is 0. The monoisotopic (exact) mass is 442 g/mol. The fraction of sp³-hybridized carbons (Fsp3) is 0.333. The van der Waals surface area contributed by atoms with Crippen molar-refractivity contribution in [3.8, 4) is 11.5 Å². The second-order valence-electron chi connectivity index (χ2n) is 7.47. The van der Waals surface area contributed by atoms with Crippen molar-refractivity contribution in [2.45, 2.75) is 25.4 Å². The van der Waals surface area contributed by atoms with Crippen LogP contribution in [0.15, 0.2) is 41.0 Å². The third-order valence-electron chi connectivity index (χ3n) is 5.16. The number of imide groups is 2. The minimum atomic E-state index is -1.40. The normalized spacial score (nSPS) is 19.8. The lowest BCUT2D eigenvalue weighted by atomic mass is 9.91. The Morgan fingerprint density at radius 1 is 1.16 bits per heavy atom. The van der Waals surface area contributed by atoms with Crippen molar-refractivity contribution in [3.05, 3.63) is 47.9 Å². The molecule has 3 heterocycles. The summed E-state index contributed by atoms with van der Waals surface area (Å²) in [6.07, 6.45) is 2.19. The van der Waals surface area contributed by atoms with Crippen molar-refractivity contribution >= 4 is 23.9 Å². The molecule has 2 aliphatic rings. The molecule has 3 N–H and O–H groups in total. The maximum Gasteiger partial charge on any atom is 0.325 e. The number of nitrogens with one attached hydrogen (secondary N) is 3. The molecule has 1 aromatic carbocycles. The lowest BCUT2D eigenvalue weighted by Crippen LogP contribution is -2.46. The number of urea groups is 2. The average molecular weight is 442 g/mol. The Morgan fingerprint density at radius 2 is 1.94 bits per heavy atom. The molecule has 0 spiro atoms. The van der Waals surface area contributed by atoms with Gasteiger partial charge in [0.15, 0.2) is 11.5 Å². The summed E-state index contributed by atoms with van der Waals surface area (Å²) in [7, 11) is 0. The molecule has 1 saturated heterocycles. The third-order valence-corrected chi connectivity index (χ3v) is 5.16. The number of amides is 6. The van der Waals surface area contributed by atoms with E-state index in [1.165, 1.54) is 6.26 Å². The second-order valence-corrected chi connectivity index (χ2v) is 7.47. The van der Waals surface area contributed by atoms with E-state index in [0.717, 1.165) is 11.3 Å². The predicted octanol–water partition coefficient (Wildman–Crippen LogP) is 1.23. The van der Waals surface area contributed by atoms with E-state index in [9.17, 15) is 19.2 Å². The summed E-state index contributed by atoms with van der Waals surface area (Å²) in [6, 6.07) is 6.80. The number of hydrogen-bond acceptors (Lipinski definition) is 7. The number of benzene rings is 1. The van der Waals surface area contributed by atoms with Gasteiger partial charge in [-0.15, -0.1) is 0 Å². The quantitative estimate of drug-likeness (QED) is 0.592. The van der Waals surface area contributed by atoms with Crippen LogP contribution in [0.3, 0.4) is 0 Å². The lowest BCUT2D eigenvalue weighted by molar-refractivity contribution is -0.134. The first-order valence-electron chi connectivity index (χ1n) is 10.0. The molecule has 0 bridgehead atoms. The van der Waals surface area contributed by atoms with Crippen LogP contribution in [0.5, 0.6) is 11.5 Å². The van der Waals surface area contributed by atoms with Crippen LogP contribution in [0.2, 0.25) is 0 Å². The fourth-order valence-corrected chi connectivity index (χ4v) is 3.45. The summed E-state index contributed by atoms with van der Waals surface area (Å²) in [6.45, 7) is 2.01. The molecule has 2 aromatic rings. The Bertz CT molecular complexity index is 1050. The Labute approximate surface area is 183 Å². The number of fused-ring (bicyclic) bond motifs is 1. The highest BCUT2D eigenvalue weighted by Gasteiger charge is 2.49. The molecule has 6 amide bonds. The van der Waals surface area contributed by atoms with Gasteiger partial charge in [-0.05, 0) is 36.8 Å². The van der Waals surface area contributed by atoms with E-state index in [1.807, 2.05) is 0 Å². The highest BCUT2D eigenvalue weighted by molar-refractivity contribution is 6.10. The standard InChI is InChI=1S/C21H22N4O7/c1-21(13-5-6-15-16(10-13)32-9-3-8-31-15)18(27)25(20(29)24-21)12-17(26)23-19(28)22-11-14-4-2-7-30-14/h2,4-7,10H,3,8-9,11-12H2,1H3,(H,24,29)(H2,22,23,26,28). The molecule has 0 saturated carbocycles. The van der Waals surface area contributed by atoms with Crippen LogP contribution in [0, 0.1) is 0 Å². The molecule has 2 aliphatic heterocycles. The summed E-state index contributed by atoms with van der Waals surface area (Å²) in [5, 5.41) is 7.15. The van der Waals surface area contributed by atoms with Crippen LogP contribution < -0.4 is 25.4 Å². The lowest BCUT2D eigenvalue weighted by Gasteiger charge is -2.23. The van der Waals surface area contributed by atoms with Crippen molar-refractivity contribution in [3.63, 3.8) is 0 Å². The minimum Gasteiger partial charge on any atom is -0.490 e. The smallest absolute Gasteiger partial charge is 0.325 e. The van der Waals surface area contributed by atoms with E-state index in [2.05, 4.69) is 16.0 Å². The molecule has 0 aliphatic carbocycles. The number of nitrogens with zero attached hydrogens (tertiary/aromatic N) is 1. The third kappa shape index (κ3) is 4.22. The van der Waals surface area contributed by atoms with Crippen LogP contribution in [0.1, 0.15) is 24.7 Å². The summed E-state index contributed by atoms with van der Waals surface area (Å²) in [5.41, 5.74) is -0.914. The maximum atomic E-state index is 13.1. The molecule has 11 heteroatoms. The second kappa shape index (κ2) is 8.61. The van der Waals surface area contributed by atoms with Crippen molar-refractivity contribution in [1.82, 2.24) is 20.9 Å². The van der Waals surface area contributed by atoms with Gasteiger partial charge in [0.2, 0.25) is 5.91 Å². The Hall–Kier alpha value is -4.02. The van der Waals surface area contributed by atoms with E-state index >= 15 is 0 Å². The van der Waals surface area contributed by atoms with Crippen molar-refractivity contribution in [2.24, 2.45) is 0 Å². The fourth-order valence-electron chi connectivity index (χ4n) is 3.45. The van der Waals surface area contributed by atoms with Crippen molar-refractivity contribution in [1.29, 1.82) is 0 Å². The van der Waals surface area contributed by atoms with Gasteiger partial charge < -0.3 is 24.5 Å². The molecule has 1 unspecified atom stereocenters. The Balaban J connectivity index is 1.40. The van der Waals surface area contributed by atoms with E-state index in [4.69, 9.17) is 13.9 Å². The molecule has 1 aromatic heterocycles. The SMILES string of the molecule is CC1(c2ccc3c(c2)OCCCO3)NC(=O)N(CC(=O)NC(=O)NCc2ccco2)C1=O. The van der Waals surface area contributed by atoms with E-state index < -0.39 is 36.0 Å². The van der Waals surface area contributed by atoms with Crippen LogP contribution in [0.4, 0.5) is 9.59 Å². The van der Waals surface area contributed by atoms with E-state index in [1.54, 1.807) is 37.3 Å². The molecule has 1 atom stereocenters. The number of hydrogen-bond donors (Lipinski definition) is 3. The van der Waals surface area contributed by atoms with Gasteiger partial charge in [-0.1, -0.05) is 6.07 Å². The van der Waals surface area contributed by atoms with Gasteiger partial charge in [0.25, 0.3) is 5.91 Å². The van der Waals surface area contributed by atoms with E-state index in [-0.39, 0.29) is 6.54 Å². The van der Waals surface area contributed by atoms with Crippen molar-refractivity contribution < 1.29 is 33.1 Å². The van der Waals surface area contributed by atoms with Crippen LogP contribution in [-0.2, 0) is 21.7 Å². The predicted molar refractivity (Wildman–Crippen MR) is 109 cm³/mol. The first-order valence-corrected chi connectivity index (χ1v) is 10.0. The van der Waals surface area contributed by atoms with Crippen molar-refractivity contribution in [2.75, 3.05) is 19.8 Å². The zero-order chi connectivity index (χ0) is 22.7. The molecule has 4 rings (SSSR count). The Morgan fingerprint density at radius 3 is 2.69 bits per heavy atom. The van der Waals surface area contributed by atoms with Gasteiger partial charge in [0, 0.05) is 6.42 Å². The van der Waals surface area contributed by atoms with Gasteiger partial charge in [-0.3, -0.25) is 19.8 Å². The number of carbonyl (C=O) groups is 4. The molecular formula is C21H22N4O7. The van der Waals surface area contributed by atoms with Gasteiger partial charge >= 0.3 is 12.1 Å². The maximum absolute atomic E-state index is 13.1. The van der Waals surface area contributed by atoms with Crippen LogP contribution in [0.25, 0.3) is 0 Å². The van der Waals surface area contributed by atoms with Crippen LogP contribution in [-0.4, -0.2) is 48.5 Å². The minimum absolute atomic E-state index is 0.0808. The molecule has 0 radical (unpaired) electrons. The van der Waals surface area contributed by atoms with E-state index in [0.29, 0.717) is 36.0 Å². The van der Waals surface area contributed by atoms with Gasteiger partial charge in [0.1, 0.15) is 17.8 Å². The molecule has 32 heavy (non-hydrogen) atoms. The highest BCUT2D eigenvalue weighted by atomic mass is 16.5.